The SMILES string of the molecule is C\C=C/C(=C\C(=C\Nc1cnc(-c2cccc(OC3CC3)c2)nc1)C(=O)O)C1CC1. The van der Waals surface area contributed by atoms with Crippen molar-refractivity contribution in [3.63, 3.8) is 0 Å². The summed E-state index contributed by atoms with van der Waals surface area (Å²) in [4.78, 5) is 20.4. The van der Waals surface area contributed by atoms with Crippen molar-refractivity contribution in [2.75, 3.05) is 5.32 Å². The number of hydrogen-bond acceptors (Lipinski definition) is 5. The zero-order valence-corrected chi connectivity index (χ0v) is 16.9. The lowest BCUT2D eigenvalue weighted by Gasteiger charge is -2.07. The number of aliphatic carboxylic acids is 1. The van der Waals surface area contributed by atoms with Gasteiger partial charge in [0, 0.05) is 11.8 Å². The molecule has 2 aromatic rings. The molecular formula is C24H25N3O3. The van der Waals surface area contributed by atoms with Gasteiger partial charge in [-0.15, -0.1) is 0 Å². The second-order valence-corrected chi connectivity index (χ2v) is 7.61. The fourth-order valence-corrected chi connectivity index (χ4v) is 3.06. The van der Waals surface area contributed by atoms with E-state index in [-0.39, 0.29) is 5.57 Å². The third-order valence-corrected chi connectivity index (χ3v) is 4.94. The Morgan fingerprint density at radius 2 is 1.97 bits per heavy atom. The molecule has 1 aromatic carbocycles. The van der Waals surface area contributed by atoms with Crippen molar-refractivity contribution in [2.45, 2.75) is 38.7 Å². The normalized spacial score (nSPS) is 17.2. The molecule has 0 radical (unpaired) electrons. The minimum Gasteiger partial charge on any atom is -0.490 e. The summed E-state index contributed by atoms with van der Waals surface area (Å²) in [5.74, 6) is 0.906. The molecule has 1 heterocycles. The zero-order chi connectivity index (χ0) is 20.9. The van der Waals surface area contributed by atoms with Crippen LogP contribution in [0.3, 0.4) is 0 Å². The number of rotatable bonds is 9. The highest BCUT2D eigenvalue weighted by Gasteiger charge is 2.25. The van der Waals surface area contributed by atoms with Gasteiger partial charge < -0.3 is 15.2 Å². The van der Waals surface area contributed by atoms with Gasteiger partial charge in [0.05, 0.1) is 29.8 Å². The second kappa shape index (κ2) is 8.95. The maximum absolute atomic E-state index is 11.6. The molecule has 0 spiro atoms. The van der Waals surface area contributed by atoms with Gasteiger partial charge in [0.15, 0.2) is 5.82 Å². The number of nitrogens with one attached hydrogen (secondary N) is 1. The van der Waals surface area contributed by atoms with Crippen molar-refractivity contribution in [3.05, 3.63) is 72.2 Å². The highest BCUT2D eigenvalue weighted by Crippen LogP contribution is 2.37. The quantitative estimate of drug-likeness (QED) is 0.454. The van der Waals surface area contributed by atoms with Crippen molar-refractivity contribution in [2.24, 2.45) is 5.92 Å². The Hall–Kier alpha value is -3.41. The van der Waals surface area contributed by atoms with Crippen LogP contribution in [0, 0.1) is 5.92 Å². The molecule has 0 bridgehead atoms. The van der Waals surface area contributed by atoms with Gasteiger partial charge in [0.25, 0.3) is 0 Å². The molecule has 1 aromatic heterocycles. The maximum Gasteiger partial charge on any atom is 0.337 e. The Balaban J connectivity index is 1.47. The third-order valence-electron chi connectivity index (χ3n) is 4.94. The van der Waals surface area contributed by atoms with E-state index in [0.29, 0.717) is 23.5 Å². The standard InChI is InChI=1S/C24H25N3O3/c1-2-4-17(16-7-8-16)11-19(24(28)29)13-25-20-14-26-23(27-15-20)18-5-3-6-22(12-18)30-21-9-10-21/h2-6,11-16,21,25H,7-10H2,1H3,(H,28,29)/b4-2-,17-11+,19-13-. The first-order chi connectivity index (χ1) is 14.6. The topological polar surface area (TPSA) is 84.3 Å². The molecule has 6 nitrogen and oxygen atoms in total. The van der Waals surface area contributed by atoms with Gasteiger partial charge in [-0.1, -0.05) is 24.3 Å². The molecule has 2 fully saturated rings. The number of benzene rings is 1. The summed E-state index contributed by atoms with van der Waals surface area (Å²) in [6.07, 6.45) is 15.2. The van der Waals surface area contributed by atoms with Crippen LogP contribution in [-0.4, -0.2) is 27.1 Å². The van der Waals surface area contributed by atoms with Crippen molar-refractivity contribution < 1.29 is 14.6 Å². The Morgan fingerprint density at radius 1 is 1.20 bits per heavy atom. The highest BCUT2D eigenvalue weighted by molar-refractivity contribution is 5.90. The summed E-state index contributed by atoms with van der Waals surface area (Å²) in [7, 11) is 0. The lowest BCUT2D eigenvalue weighted by Crippen LogP contribution is -2.03. The number of carbonyl (C=O) groups is 1. The van der Waals surface area contributed by atoms with Crippen LogP contribution in [0.25, 0.3) is 11.4 Å². The van der Waals surface area contributed by atoms with Crippen LogP contribution in [0.2, 0.25) is 0 Å². The summed E-state index contributed by atoms with van der Waals surface area (Å²) >= 11 is 0. The average Bonchev–Trinajstić information content (AvgIpc) is 3.65. The summed E-state index contributed by atoms with van der Waals surface area (Å²) in [5.41, 5.74) is 2.75. The van der Waals surface area contributed by atoms with Crippen molar-refractivity contribution in [1.29, 1.82) is 0 Å². The molecule has 0 atom stereocenters. The lowest BCUT2D eigenvalue weighted by molar-refractivity contribution is -0.132. The number of carboxylic acid groups (broad SMARTS) is 1. The van der Waals surface area contributed by atoms with Crippen LogP contribution in [0.15, 0.2) is 72.2 Å². The molecular weight excluding hydrogens is 378 g/mol. The number of carboxylic acids is 1. The molecule has 0 amide bonds. The van der Waals surface area contributed by atoms with Crippen LogP contribution in [0.4, 0.5) is 5.69 Å². The number of anilines is 1. The number of nitrogens with zero attached hydrogens (tertiary/aromatic N) is 2. The summed E-state index contributed by atoms with van der Waals surface area (Å²) in [5, 5.41) is 12.5. The van der Waals surface area contributed by atoms with Gasteiger partial charge in [-0.05, 0) is 62.3 Å². The predicted octanol–water partition coefficient (Wildman–Crippen LogP) is 4.98. The van der Waals surface area contributed by atoms with Gasteiger partial charge in [0.2, 0.25) is 0 Å². The van der Waals surface area contributed by atoms with Crippen molar-refractivity contribution in [3.8, 4) is 17.1 Å². The zero-order valence-electron chi connectivity index (χ0n) is 16.9. The largest absolute Gasteiger partial charge is 0.490 e. The van der Waals surface area contributed by atoms with Gasteiger partial charge >= 0.3 is 5.97 Å². The molecule has 2 aliphatic carbocycles. The van der Waals surface area contributed by atoms with E-state index in [4.69, 9.17) is 4.74 Å². The van der Waals surface area contributed by atoms with Crippen LogP contribution >= 0.6 is 0 Å². The highest BCUT2D eigenvalue weighted by atomic mass is 16.5. The van der Waals surface area contributed by atoms with Crippen LogP contribution in [0.5, 0.6) is 5.75 Å². The van der Waals surface area contributed by atoms with E-state index < -0.39 is 5.97 Å². The molecule has 0 saturated heterocycles. The predicted molar refractivity (Wildman–Crippen MR) is 116 cm³/mol. The number of hydrogen-bond donors (Lipinski definition) is 2. The Kier molecular flexibility index (Phi) is 5.93. The third kappa shape index (κ3) is 5.35. The van der Waals surface area contributed by atoms with Gasteiger partial charge in [0.1, 0.15) is 5.75 Å². The second-order valence-electron chi connectivity index (χ2n) is 7.61. The van der Waals surface area contributed by atoms with Crippen molar-refractivity contribution >= 4 is 11.7 Å². The number of ether oxygens (including phenoxy) is 1. The van der Waals surface area contributed by atoms with E-state index in [0.717, 1.165) is 42.6 Å². The smallest absolute Gasteiger partial charge is 0.337 e. The summed E-state index contributed by atoms with van der Waals surface area (Å²) in [6, 6.07) is 7.75. The first-order valence-electron chi connectivity index (χ1n) is 10.3. The Morgan fingerprint density at radius 3 is 2.60 bits per heavy atom. The first kappa shape index (κ1) is 19.9. The van der Waals surface area contributed by atoms with E-state index in [1.165, 1.54) is 6.20 Å². The summed E-state index contributed by atoms with van der Waals surface area (Å²) in [6.45, 7) is 1.94. The summed E-state index contributed by atoms with van der Waals surface area (Å²) < 4.78 is 5.83. The molecule has 2 N–H and O–H groups in total. The van der Waals surface area contributed by atoms with E-state index in [2.05, 4.69) is 15.3 Å². The average molecular weight is 403 g/mol. The number of allylic oxidation sites excluding steroid dienone is 3. The fraction of sp³-hybridized carbons (Fsp3) is 0.292. The van der Waals surface area contributed by atoms with Gasteiger partial charge in [-0.25, -0.2) is 14.8 Å². The first-order valence-corrected chi connectivity index (χ1v) is 10.3. The molecule has 4 rings (SSSR count). The molecule has 2 saturated carbocycles. The van der Waals surface area contributed by atoms with E-state index in [1.807, 2.05) is 43.3 Å². The fourth-order valence-electron chi connectivity index (χ4n) is 3.06. The van der Waals surface area contributed by atoms with Crippen molar-refractivity contribution in [1.82, 2.24) is 9.97 Å². The van der Waals surface area contributed by atoms with E-state index in [1.54, 1.807) is 18.5 Å². The van der Waals surface area contributed by atoms with E-state index in [9.17, 15) is 9.90 Å². The Bertz CT molecular complexity index is 1000. The maximum atomic E-state index is 11.6. The molecule has 30 heavy (non-hydrogen) atoms. The monoisotopic (exact) mass is 403 g/mol. The molecule has 0 unspecified atom stereocenters. The molecule has 154 valence electrons. The minimum absolute atomic E-state index is 0.198. The van der Waals surface area contributed by atoms with Gasteiger partial charge in [-0.3, -0.25) is 0 Å². The minimum atomic E-state index is -0.977. The lowest BCUT2D eigenvalue weighted by atomic mass is 10.1. The van der Waals surface area contributed by atoms with Gasteiger partial charge in [-0.2, -0.15) is 0 Å². The van der Waals surface area contributed by atoms with Crippen LogP contribution in [-0.2, 0) is 4.79 Å². The Labute approximate surface area is 176 Å². The molecule has 6 heteroatoms. The van der Waals surface area contributed by atoms with Crippen LogP contribution in [0.1, 0.15) is 32.6 Å². The number of aromatic nitrogens is 2. The van der Waals surface area contributed by atoms with Crippen LogP contribution < -0.4 is 10.1 Å². The van der Waals surface area contributed by atoms with E-state index >= 15 is 0 Å². The molecule has 0 aliphatic heterocycles. The molecule has 2 aliphatic rings.